The summed E-state index contributed by atoms with van der Waals surface area (Å²) < 4.78 is 11.5. The molecular formula is C22H24Cl3NO3. The average Bonchev–Trinajstić information content (AvgIpc) is 3.18. The van der Waals surface area contributed by atoms with Crippen molar-refractivity contribution in [3.8, 4) is 5.75 Å². The van der Waals surface area contributed by atoms with Gasteiger partial charge in [-0.3, -0.25) is 4.79 Å². The molecule has 0 radical (unpaired) electrons. The number of amides is 1. The maximum Gasteiger partial charge on any atom is 0.260 e. The lowest BCUT2D eigenvalue weighted by atomic mass is 10.1. The van der Waals surface area contributed by atoms with Crippen molar-refractivity contribution in [2.75, 3.05) is 19.8 Å². The van der Waals surface area contributed by atoms with Gasteiger partial charge in [0.05, 0.1) is 6.10 Å². The van der Waals surface area contributed by atoms with E-state index in [1.54, 1.807) is 17.0 Å². The minimum Gasteiger partial charge on any atom is -0.484 e. The van der Waals surface area contributed by atoms with Gasteiger partial charge in [-0.1, -0.05) is 40.9 Å². The summed E-state index contributed by atoms with van der Waals surface area (Å²) in [4.78, 5) is 14.7. The van der Waals surface area contributed by atoms with Crippen molar-refractivity contribution < 1.29 is 14.3 Å². The van der Waals surface area contributed by atoms with Crippen LogP contribution in [0.25, 0.3) is 0 Å². The van der Waals surface area contributed by atoms with Gasteiger partial charge >= 0.3 is 0 Å². The zero-order chi connectivity index (χ0) is 21.0. The molecular weight excluding hydrogens is 433 g/mol. The molecule has 1 unspecified atom stereocenters. The third-order valence-electron chi connectivity index (χ3n) is 4.95. The number of carbonyl (C=O) groups is 1. The lowest BCUT2D eigenvalue weighted by molar-refractivity contribution is -0.135. The van der Waals surface area contributed by atoms with Gasteiger partial charge in [0.15, 0.2) is 6.61 Å². The first-order valence-corrected chi connectivity index (χ1v) is 10.7. The van der Waals surface area contributed by atoms with Crippen LogP contribution in [0, 0.1) is 13.8 Å². The fourth-order valence-electron chi connectivity index (χ4n) is 3.37. The molecule has 1 fully saturated rings. The van der Waals surface area contributed by atoms with Crippen molar-refractivity contribution in [2.24, 2.45) is 0 Å². The largest absolute Gasteiger partial charge is 0.484 e. The third kappa shape index (κ3) is 6.02. The lowest BCUT2D eigenvalue weighted by Gasteiger charge is -2.26. The number of nitrogens with zero attached hydrogens (tertiary/aromatic N) is 1. The lowest BCUT2D eigenvalue weighted by Crippen LogP contribution is -2.39. The van der Waals surface area contributed by atoms with Gasteiger partial charge in [-0.25, -0.2) is 0 Å². The highest BCUT2D eigenvalue weighted by atomic mass is 35.5. The highest BCUT2D eigenvalue weighted by molar-refractivity contribution is 6.35. The highest BCUT2D eigenvalue weighted by Crippen LogP contribution is 2.26. The van der Waals surface area contributed by atoms with Crippen molar-refractivity contribution in [1.82, 2.24) is 4.90 Å². The molecule has 0 spiro atoms. The summed E-state index contributed by atoms with van der Waals surface area (Å²) in [6, 6.07) is 8.97. The topological polar surface area (TPSA) is 38.8 Å². The van der Waals surface area contributed by atoms with Gasteiger partial charge in [-0.05, 0) is 67.6 Å². The molecule has 0 saturated carbocycles. The summed E-state index contributed by atoms with van der Waals surface area (Å²) in [5, 5.41) is 1.81. The maximum atomic E-state index is 13.0. The summed E-state index contributed by atoms with van der Waals surface area (Å²) in [7, 11) is 0. The van der Waals surface area contributed by atoms with Gasteiger partial charge in [0, 0.05) is 34.8 Å². The highest BCUT2D eigenvalue weighted by Gasteiger charge is 2.24. The summed E-state index contributed by atoms with van der Waals surface area (Å²) >= 11 is 18.5. The van der Waals surface area contributed by atoms with Crippen LogP contribution >= 0.6 is 34.8 Å². The monoisotopic (exact) mass is 455 g/mol. The van der Waals surface area contributed by atoms with Crippen molar-refractivity contribution >= 4 is 40.7 Å². The van der Waals surface area contributed by atoms with Gasteiger partial charge in [0.2, 0.25) is 0 Å². The van der Waals surface area contributed by atoms with E-state index >= 15 is 0 Å². The van der Waals surface area contributed by atoms with Crippen LogP contribution in [-0.2, 0) is 16.1 Å². The van der Waals surface area contributed by atoms with Crippen LogP contribution in [0.1, 0.15) is 29.5 Å². The number of benzene rings is 2. The zero-order valence-electron chi connectivity index (χ0n) is 16.5. The molecule has 0 N–H and O–H groups in total. The smallest absolute Gasteiger partial charge is 0.260 e. The molecule has 1 amide bonds. The van der Waals surface area contributed by atoms with E-state index in [0.29, 0.717) is 33.9 Å². The number of hydrogen-bond acceptors (Lipinski definition) is 3. The Labute approximate surface area is 186 Å². The van der Waals surface area contributed by atoms with E-state index in [1.165, 1.54) is 0 Å². The minimum absolute atomic E-state index is 0.0325. The van der Waals surface area contributed by atoms with Gasteiger partial charge < -0.3 is 14.4 Å². The number of ether oxygens (including phenoxy) is 2. The first-order valence-electron chi connectivity index (χ1n) is 9.56. The van der Waals surface area contributed by atoms with E-state index < -0.39 is 0 Å². The number of aryl methyl sites for hydroxylation is 2. The van der Waals surface area contributed by atoms with Crippen molar-refractivity contribution in [2.45, 2.75) is 39.3 Å². The molecule has 29 heavy (non-hydrogen) atoms. The molecule has 2 aromatic rings. The van der Waals surface area contributed by atoms with Crippen LogP contribution in [-0.4, -0.2) is 36.7 Å². The van der Waals surface area contributed by atoms with Crippen LogP contribution in [0.15, 0.2) is 30.3 Å². The van der Waals surface area contributed by atoms with E-state index in [9.17, 15) is 4.79 Å². The predicted octanol–water partition coefficient (Wildman–Crippen LogP) is 5.85. The molecule has 0 aromatic heterocycles. The van der Waals surface area contributed by atoms with E-state index in [-0.39, 0.29) is 18.6 Å². The molecule has 1 aliphatic rings. The van der Waals surface area contributed by atoms with E-state index in [1.807, 2.05) is 32.0 Å². The Morgan fingerprint density at radius 2 is 1.90 bits per heavy atom. The summed E-state index contributed by atoms with van der Waals surface area (Å²) in [6.45, 7) is 5.36. The molecule has 1 aliphatic heterocycles. The van der Waals surface area contributed by atoms with Crippen LogP contribution < -0.4 is 4.74 Å². The zero-order valence-corrected chi connectivity index (χ0v) is 18.8. The standard InChI is InChI=1S/C22H24Cl3NO3/c1-14-8-19(9-15(2)22(14)25)29-13-21(27)26(12-18-4-3-7-28-18)11-16-5-6-17(23)10-20(16)24/h5-6,8-10,18H,3-4,7,11-13H2,1-2H3. The Bertz CT molecular complexity index is 859. The van der Waals surface area contributed by atoms with Gasteiger partial charge in [0.25, 0.3) is 5.91 Å². The van der Waals surface area contributed by atoms with Crippen molar-refractivity contribution in [1.29, 1.82) is 0 Å². The molecule has 156 valence electrons. The van der Waals surface area contributed by atoms with Crippen molar-refractivity contribution in [3.63, 3.8) is 0 Å². The molecule has 1 heterocycles. The van der Waals surface area contributed by atoms with Crippen LogP contribution in [0.3, 0.4) is 0 Å². The summed E-state index contributed by atoms with van der Waals surface area (Å²) in [5.41, 5.74) is 2.66. The average molecular weight is 457 g/mol. The SMILES string of the molecule is Cc1cc(OCC(=O)N(Cc2ccc(Cl)cc2Cl)CC2CCCO2)cc(C)c1Cl. The van der Waals surface area contributed by atoms with Crippen LogP contribution in [0.4, 0.5) is 0 Å². The predicted molar refractivity (Wildman–Crippen MR) is 117 cm³/mol. The minimum atomic E-state index is -0.128. The Morgan fingerprint density at radius 1 is 1.17 bits per heavy atom. The fraction of sp³-hybridized carbons (Fsp3) is 0.409. The number of rotatable bonds is 7. The van der Waals surface area contributed by atoms with Gasteiger partial charge in [0.1, 0.15) is 5.75 Å². The van der Waals surface area contributed by atoms with Gasteiger partial charge in [-0.2, -0.15) is 0 Å². The van der Waals surface area contributed by atoms with E-state index in [2.05, 4.69) is 0 Å². The maximum absolute atomic E-state index is 13.0. The molecule has 4 nitrogen and oxygen atoms in total. The number of halogens is 3. The Balaban J connectivity index is 1.71. The first kappa shape index (κ1) is 22.2. The molecule has 0 aliphatic carbocycles. The normalized spacial score (nSPS) is 16.1. The fourth-order valence-corrected chi connectivity index (χ4v) is 3.95. The number of hydrogen-bond donors (Lipinski definition) is 0. The molecule has 1 atom stereocenters. The van der Waals surface area contributed by atoms with Gasteiger partial charge in [-0.15, -0.1) is 0 Å². The Hall–Kier alpha value is -1.46. The molecule has 1 saturated heterocycles. The number of carbonyl (C=O) groups excluding carboxylic acids is 1. The Morgan fingerprint density at radius 3 is 2.52 bits per heavy atom. The molecule has 2 aromatic carbocycles. The summed E-state index contributed by atoms with van der Waals surface area (Å²) in [6.07, 6.45) is 1.98. The van der Waals surface area contributed by atoms with Crippen molar-refractivity contribution in [3.05, 3.63) is 62.1 Å². The van der Waals surface area contributed by atoms with Crippen LogP contribution in [0.5, 0.6) is 5.75 Å². The second-order valence-electron chi connectivity index (χ2n) is 7.30. The molecule has 7 heteroatoms. The van der Waals surface area contributed by atoms with E-state index in [0.717, 1.165) is 36.1 Å². The van der Waals surface area contributed by atoms with E-state index in [4.69, 9.17) is 44.3 Å². The third-order valence-corrected chi connectivity index (χ3v) is 6.13. The molecule has 3 rings (SSSR count). The first-order chi connectivity index (χ1) is 13.8. The molecule has 0 bridgehead atoms. The second-order valence-corrected chi connectivity index (χ2v) is 8.53. The summed E-state index contributed by atoms with van der Waals surface area (Å²) in [5.74, 6) is 0.496. The van der Waals surface area contributed by atoms with Crippen LogP contribution in [0.2, 0.25) is 15.1 Å². The second kappa shape index (κ2) is 10.0. The Kier molecular flexibility index (Phi) is 7.69. The quantitative estimate of drug-likeness (QED) is 0.524.